The molecule has 0 atom stereocenters. The lowest BCUT2D eigenvalue weighted by Gasteiger charge is -1.96. The first-order valence-electron chi connectivity index (χ1n) is 4.15. The SMILES string of the molecule is O=S(=O)(O)c1ccc(-c2cncc(Cl)c2)s1. The molecule has 0 saturated heterocycles. The molecule has 0 unspecified atom stereocenters. The van der Waals surface area contributed by atoms with E-state index in [1.807, 2.05) is 0 Å². The number of halogens is 1. The van der Waals surface area contributed by atoms with E-state index in [1.54, 1.807) is 18.3 Å². The maximum Gasteiger partial charge on any atom is 0.304 e. The van der Waals surface area contributed by atoms with Crippen LogP contribution >= 0.6 is 22.9 Å². The second kappa shape index (κ2) is 4.14. The molecule has 0 aliphatic heterocycles. The van der Waals surface area contributed by atoms with Crippen molar-refractivity contribution in [1.82, 2.24) is 4.98 Å². The molecular formula is C9H6ClNO3S2. The summed E-state index contributed by atoms with van der Waals surface area (Å²) in [6, 6.07) is 4.62. The van der Waals surface area contributed by atoms with Crippen molar-refractivity contribution in [2.75, 3.05) is 0 Å². The second-order valence-corrected chi connectivity index (χ2v) is 6.15. The number of aromatic nitrogens is 1. The zero-order chi connectivity index (χ0) is 11.8. The summed E-state index contributed by atoms with van der Waals surface area (Å²) in [4.78, 5) is 4.58. The predicted molar refractivity (Wildman–Crippen MR) is 62.4 cm³/mol. The Morgan fingerprint density at radius 1 is 1.31 bits per heavy atom. The number of pyridine rings is 1. The van der Waals surface area contributed by atoms with Gasteiger partial charge in [-0.15, -0.1) is 11.3 Å². The van der Waals surface area contributed by atoms with E-state index < -0.39 is 10.1 Å². The minimum Gasteiger partial charge on any atom is -0.281 e. The lowest BCUT2D eigenvalue weighted by Crippen LogP contribution is -1.92. The van der Waals surface area contributed by atoms with E-state index in [1.165, 1.54) is 12.3 Å². The molecule has 0 aliphatic rings. The van der Waals surface area contributed by atoms with Gasteiger partial charge in [0, 0.05) is 22.8 Å². The van der Waals surface area contributed by atoms with Crippen LogP contribution in [0.5, 0.6) is 0 Å². The van der Waals surface area contributed by atoms with Crippen LogP contribution in [-0.2, 0) is 10.1 Å². The Kier molecular flexibility index (Phi) is 2.98. The largest absolute Gasteiger partial charge is 0.304 e. The van der Waals surface area contributed by atoms with Gasteiger partial charge in [-0.3, -0.25) is 9.54 Å². The van der Waals surface area contributed by atoms with Crippen LogP contribution in [-0.4, -0.2) is 18.0 Å². The fourth-order valence-corrected chi connectivity index (χ4v) is 2.98. The summed E-state index contributed by atoms with van der Waals surface area (Å²) in [6.45, 7) is 0. The summed E-state index contributed by atoms with van der Waals surface area (Å²) in [5, 5.41) is 0.472. The van der Waals surface area contributed by atoms with Gasteiger partial charge in [-0.2, -0.15) is 8.42 Å². The van der Waals surface area contributed by atoms with Crippen LogP contribution in [0.15, 0.2) is 34.8 Å². The normalized spacial score (nSPS) is 11.6. The van der Waals surface area contributed by atoms with E-state index in [2.05, 4.69) is 4.98 Å². The third-order valence-corrected chi connectivity index (χ3v) is 4.49. The number of hydrogen-bond donors (Lipinski definition) is 1. The van der Waals surface area contributed by atoms with Gasteiger partial charge in [-0.1, -0.05) is 11.6 Å². The van der Waals surface area contributed by atoms with Crippen molar-refractivity contribution < 1.29 is 13.0 Å². The average molecular weight is 276 g/mol. The van der Waals surface area contributed by atoms with Crippen LogP contribution in [0.4, 0.5) is 0 Å². The van der Waals surface area contributed by atoms with E-state index in [9.17, 15) is 8.42 Å². The molecule has 2 rings (SSSR count). The minimum atomic E-state index is -4.13. The van der Waals surface area contributed by atoms with E-state index in [0.29, 0.717) is 15.5 Å². The standard InChI is InChI=1S/C9H6ClNO3S2/c10-7-3-6(4-11-5-7)8-1-2-9(15-8)16(12,13)14/h1-5H,(H,12,13,14). The third-order valence-electron chi connectivity index (χ3n) is 1.82. The van der Waals surface area contributed by atoms with Crippen LogP contribution in [0.3, 0.4) is 0 Å². The molecule has 2 heterocycles. The molecule has 0 amide bonds. The molecule has 0 radical (unpaired) electrons. The van der Waals surface area contributed by atoms with Crippen LogP contribution in [0.2, 0.25) is 5.02 Å². The Morgan fingerprint density at radius 3 is 2.62 bits per heavy atom. The first-order chi connectivity index (χ1) is 7.47. The average Bonchev–Trinajstić information content (AvgIpc) is 2.65. The van der Waals surface area contributed by atoms with Crippen molar-refractivity contribution >= 4 is 33.1 Å². The van der Waals surface area contributed by atoms with Gasteiger partial charge in [0.15, 0.2) is 0 Å². The molecule has 7 heteroatoms. The van der Waals surface area contributed by atoms with Gasteiger partial charge in [-0.05, 0) is 18.2 Å². The maximum atomic E-state index is 10.9. The predicted octanol–water partition coefficient (Wildman–Crippen LogP) is 2.71. The van der Waals surface area contributed by atoms with Crippen molar-refractivity contribution in [3.8, 4) is 10.4 Å². The number of rotatable bonds is 2. The Morgan fingerprint density at radius 2 is 2.06 bits per heavy atom. The van der Waals surface area contributed by atoms with Gasteiger partial charge >= 0.3 is 10.1 Å². The summed E-state index contributed by atoms with van der Waals surface area (Å²) < 4.78 is 30.5. The van der Waals surface area contributed by atoms with Gasteiger partial charge in [0.25, 0.3) is 0 Å². The van der Waals surface area contributed by atoms with E-state index in [-0.39, 0.29) is 4.21 Å². The molecule has 16 heavy (non-hydrogen) atoms. The maximum absolute atomic E-state index is 10.9. The van der Waals surface area contributed by atoms with E-state index in [0.717, 1.165) is 11.3 Å². The van der Waals surface area contributed by atoms with Gasteiger partial charge in [0.2, 0.25) is 0 Å². The summed E-state index contributed by atoms with van der Waals surface area (Å²) in [6.07, 6.45) is 3.06. The zero-order valence-electron chi connectivity index (χ0n) is 7.79. The van der Waals surface area contributed by atoms with Gasteiger partial charge in [-0.25, -0.2) is 0 Å². The molecule has 2 aromatic rings. The number of hydrogen-bond acceptors (Lipinski definition) is 4. The highest BCUT2D eigenvalue weighted by molar-refractivity contribution is 7.88. The lowest BCUT2D eigenvalue weighted by atomic mass is 10.2. The summed E-state index contributed by atoms with van der Waals surface area (Å²) in [7, 11) is -4.13. The Balaban J connectivity index is 2.47. The molecule has 0 aliphatic carbocycles. The highest BCUT2D eigenvalue weighted by Crippen LogP contribution is 2.31. The molecule has 1 N–H and O–H groups in total. The quantitative estimate of drug-likeness (QED) is 0.856. The van der Waals surface area contributed by atoms with Crippen LogP contribution < -0.4 is 0 Å². The smallest absolute Gasteiger partial charge is 0.281 e. The highest BCUT2D eigenvalue weighted by atomic mass is 35.5. The molecule has 4 nitrogen and oxygen atoms in total. The topological polar surface area (TPSA) is 67.3 Å². The van der Waals surface area contributed by atoms with Crippen LogP contribution in [0.25, 0.3) is 10.4 Å². The van der Waals surface area contributed by atoms with Gasteiger partial charge in [0.1, 0.15) is 4.21 Å². The molecular weight excluding hydrogens is 270 g/mol. The Bertz CT molecular complexity index is 621. The minimum absolute atomic E-state index is 0.0949. The number of thiophene rings is 1. The molecule has 0 saturated carbocycles. The fourth-order valence-electron chi connectivity index (χ4n) is 1.16. The zero-order valence-corrected chi connectivity index (χ0v) is 10.2. The number of nitrogens with zero attached hydrogens (tertiary/aromatic N) is 1. The fraction of sp³-hybridized carbons (Fsp3) is 0. The Labute approximate surface area is 101 Å². The van der Waals surface area contributed by atoms with Gasteiger partial charge in [0.05, 0.1) is 5.02 Å². The lowest BCUT2D eigenvalue weighted by molar-refractivity contribution is 0.485. The second-order valence-electron chi connectivity index (χ2n) is 2.99. The van der Waals surface area contributed by atoms with Gasteiger partial charge < -0.3 is 0 Å². The van der Waals surface area contributed by atoms with Crippen molar-refractivity contribution in [2.45, 2.75) is 4.21 Å². The van der Waals surface area contributed by atoms with Crippen molar-refractivity contribution in [2.24, 2.45) is 0 Å². The monoisotopic (exact) mass is 275 g/mol. The Hall–Kier alpha value is -0.950. The molecule has 0 aromatic carbocycles. The third kappa shape index (κ3) is 2.41. The van der Waals surface area contributed by atoms with Crippen LogP contribution in [0.1, 0.15) is 0 Å². The molecule has 0 bridgehead atoms. The first-order valence-corrected chi connectivity index (χ1v) is 6.78. The van der Waals surface area contributed by atoms with E-state index >= 15 is 0 Å². The first kappa shape index (κ1) is 11.5. The summed E-state index contributed by atoms with van der Waals surface area (Å²) in [5.41, 5.74) is 0.715. The highest BCUT2D eigenvalue weighted by Gasteiger charge is 2.13. The molecule has 2 aromatic heterocycles. The van der Waals surface area contributed by atoms with Crippen LogP contribution in [0, 0.1) is 0 Å². The summed E-state index contributed by atoms with van der Waals surface area (Å²) >= 11 is 6.73. The molecule has 0 fully saturated rings. The van der Waals surface area contributed by atoms with Crippen molar-refractivity contribution in [3.63, 3.8) is 0 Å². The van der Waals surface area contributed by atoms with Crippen molar-refractivity contribution in [1.29, 1.82) is 0 Å². The molecule has 84 valence electrons. The van der Waals surface area contributed by atoms with E-state index in [4.69, 9.17) is 16.2 Å². The van der Waals surface area contributed by atoms with Crippen molar-refractivity contribution in [3.05, 3.63) is 35.6 Å². The molecule has 0 spiro atoms. The summed E-state index contributed by atoms with van der Waals surface area (Å²) in [5.74, 6) is 0.